The van der Waals surface area contributed by atoms with Crippen LogP contribution in [0.15, 0.2) is 65.7 Å². The first-order valence-electron chi connectivity index (χ1n) is 7.66. The third-order valence-electron chi connectivity index (χ3n) is 3.54. The third kappa shape index (κ3) is 4.14. The summed E-state index contributed by atoms with van der Waals surface area (Å²) in [7, 11) is 0. The van der Waals surface area contributed by atoms with E-state index < -0.39 is 5.82 Å². The Kier molecular flexibility index (Phi) is 4.94. The topological polar surface area (TPSA) is 76.9 Å². The van der Waals surface area contributed by atoms with Gasteiger partial charge in [-0.05, 0) is 42.5 Å². The van der Waals surface area contributed by atoms with E-state index in [4.69, 9.17) is 0 Å². The van der Waals surface area contributed by atoms with Gasteiger partial charge in [-0.2, -0.15) is 5.10 Å². The first kappa shape index (κ1) is 16.5. The Morgan fingerprint density at radius 3 is 2.64 bits per heavy atom. The van der Waals surface area contributed by atoms with Crippen LogP contribution in [0.2, 0.25) is 0 Å². The van der Waals surface area contributed by atoms with Gasteiger partial charge in [-0.3, -0.25) is 14.6 Å². The maximum Gasteiger partial charge on any atom is 0.266 e. The lowest BCUT2D eigenvalue weighted by molar-refractivity contribution is 0.0951. The lowest BCUT2D eigenvalue weighted by Gasteiger charge is -2.08. The van der Waals surface area contributed by atoms with Gasteiger partial charge in [0.05, 0.1) is 12.2 Å². The van der Waals surface area contributed by atoms with Crippen molar-refractivity contribution in [3.05, 3.63) is 82.7 Å². The second-order valence-electron chi connectivity index (χ2n) is 5.28. The summed E-state index contributed by atoms with van der Waals surface area (Å²) in [6.45, 7) is 0.444. The molecule has 1 amide bonds. The highest BCUT2D eigenvalue weighted by Crippen LogP contribution is 2.12. The van der Waals surface area contributed by atoms with E-state index in [1.54, 1.807) is 24.5 Å². The smallest absolute Gasteiger partial charge is 0.266 e. The molecule has 2 aromatic heterocycles. The van der Waals surface area contributed by atoms with Gasteiger partial charge in [0.15, 0.2) is 0 Å². The van der Waals surface area contributed by atoms with Crippen molar-refractivity contribution in [3.63, 3.8) is 0 Å². The van der Waals surface area contributed by atoms with E-state index in [2.05, 4.69) is 15.4 Å². The predicted octanol–water partition coefficient (Wildman–Crippen LogP) is 1.87. The van der Waals surface area contributed by atoms with Crippen LogP contribution < -0.4 is 10.9 Å². The summed E-state index contributed by atoms with van der Waals surface area (Å²) in [4.78, 5) is 27.9. The molecule has 7 heteroatoms. The van der Waals surface area contributed by atoms with E-state index in [-0.39, 0.29) is 24.6 Å². The van der Waals surface area contributed by atoms with Crippen molar-refractivity contribution < 1.29 is 9.18 Å². The first-order chi connectivity index (χ1) is 12.1. The number of rotatable bonds is 5. The molecular weight excluding hydrogens is 323 g/mol. The molecule has 0 radical (unpaired) electrons. The molecular formula is C18H15FN4O2. The highest BCUT2D eigenvalue weighted by molar-refractivity contribution is 5.94. The minimum atomic E-state index is -0.403. The average molecular weight is 338 g/mol. The van der Waals surface area contributed by atoms with Gasteiger partial charge in [0.1, 0.15) is 5.82 Å². The van der Waals surface area contributed by atoms with E-state index in [1.807, 2.05) is 6.07 Å². The van der Waals surface area contributed by atoms with Crippen LogP contribution in [0.5, 0.6) is 0 Å². The molecule has 0 aliphatic heterocycles. The van der Waals surface area contributed by atoms with E-state index in [0.717, 1.165) is 5.56 Å². The summed E-state index contributed by atoms with van der Waals surface area (Å²) < 4.78 is 14.1. The number of benzene rings is 1. The Morgan fingerprint density at radius 1 is 1.12 bits per heavy atom. The van der Waals surface area contributed by atoms with Gasteiger partial charge in [-0.15, -0.1) is 0 Å². The number of hydrogen-bond acceptors (Lipinski definition) is 4. The number of nitrogens with zero attached hydrogens (tertiary/aromatic N) is 3. The van der Waals surface area contributed by atoms with Crippen LogP contribution in [0.1, 0.15) is 10.4 Å². The summed E-state index contributed by atoms with van der Waals surface area (Å²) in [6, 6.07) is 11.9. The largest absolute Gasteiger partial charge is 0.350 e. The van der Waals surface area contributed by atoms with Gasteiger partial charge in [0.2, 0.25) is 0 Å². The molecule has 0 saturated carbocycles. The lowest BCUT2D eigenvalue weighted by atomic mass is 10.2. The second-order valence-corrected chi connectivity index (χ2v) is 5.28. The van der Waals surface area contributed by atoms with Crippen LogP contribution in [0, 0.1) is 5.82 Å². The molecule has 2 heterocycles. The number of nitrogens with one attached hydrogen (secondary N) is 1. The standard InChI is InChI=1S/C18H15FN4O2/c19-15-5-3-13(4-6-15)18(25)21-10-11-23-17(24)8-7-16(22-23)14-2-1-9-20-12-14/h1-9,12H,10-11H2,(H,21,25). The zero-order valence-electron chi connectivity index (χ0n) is 13.2. The summed E-state index contributed by atoms with van der Waals surface area (Å²) in [5.41, 5.74) is 1.51. The summed E-state index contributed by atoms with van der Waals surface area (Å²) in [5.74, 6) is -0.740. The summed E-state index contributed by atoms with van der Waals surface area (Å²) in [6.07, 6.45) is 3.32. The Bertz CT molecular complexity index is 924. The van der Waals surface area contributed by atoms with Crippen molar-refractivity contribution in [2.45, 2.75) is 6.54 Å². The molecule has 0 saturated heterocycles. The van der Waals surface area contributed by atoms with Crippen LogP contribution in [-0.4, -0.2) is 27.2 Å². The van der Waals surface area contributed by atoms with Crippen LogP contribution in [0.25, 0.3) is 11.3 Å². The molecule has 1 N–H and O–H groups in total. The second kappa shape index (κ2) is 7.48. The zero-order valence-corrected chi connectivity index (χ0v) is 13.2. The van der Waals surface area contributed by atoms with Crippen molar-refractivity contribution >= 4 is 5.91 Å². The van der Waals surface area contributed by atoms with Crippen LogP contribution in [-0.2, 0) is 6.54 Å². The molecule has 0 aliphatic carbocycles. The number of halogens is 1. The van der Waals surface area contributed by atoms with Crippen LogP contribution >= 0.6 is 0 Å². The van der Waals surface area contributed by atoms with Crippen molar-refractivity contribution in [3.8, 4) is 11.3 Å². The molecule has 0 atom stereocenters. The molecule has 3 rings (SSSR count). The Balaban J connectivity index is 1.66. The normalized spacial score (nSPS) is 10.4. The number of amides is 1. The number of aromatic nitrogens is 3. The van der Waals surface area contributed by atoms with Gasteiger partial charge in [-0.25, -0.2) is 9.07 Å². The fourth-order valence-corrected chi connectivity index (χ4v) is 2.26. The van der Waals surface area contributed by atoms with Gasteiger partial charge in [0.25, 0.3) is 11.5 Å². The van der Waals surface area contributed by atoms with Crippen LogP contribution in [0.3, 0.4) is 0 Å². The molecule has 0 unspecified atom stereocenters. The van der Waals surface area contributed by atoms with E-state index in [0.29, 0.717) is 11.3 Å². The van der Waals surface area contributed by atoms with Gasteiger partial charge in [0, 0.05) is 36.1 Å². The molecule has 6 nitrogen and oxygen atoms in total. The average Bonchev–Trinajstić information content (AvgIpc) is 2.64. The maximum atomic E-state index is 12.9. The summed E-state index contributed by atoms with van der Waals surface area (Å²) in [5, 5.41) is 6.97. The Morgan fingerprint density at radius 2 is 1.92 bits per heavy atom. The molecule has 0 spiro atoms. The number of hydrogen-bond donors (Lipinski definition) is 1. The number of carbonyl (C=O) groups excluding carboxylic acids is 1. The van der Waals surface area contributed by atoms with E-state index in [9.17, 15) is 14.0 Å². The SMILES string of the molecule is O=C(NCCn1nc(-c2cccnc2)ccc1=O)c1ccc(F)cc1. The van der Waals surface area contributed by atoms with Gasteiger partial charge < -0.3 is 5.32 Å². The quantitative estimate of drug-likeness (QED) is 0.770. The molecule has 126 valence electrons. The highest BCUT2D eigenvalue weighted by Gasteiger charge is 2.07. The van der Waals surface area contributed by atoms with Crippen molar-refractivity contribution in [1.29, 1.82) is 0 Å². The molecule has 0 fully saturated rings. The summed E-state index contributed by atoms with van der Waals surface area (Å²) >= 11 is 0. The number of carbonyl (C=O) groups is 1. The zero-order chi connectivity index (χ0) is 17.6. The Labute approximate surface area is 143 Å². The van der Waals surface area contributed by atoms with Crippen molar-refractivity contribution in [2.24, 2.45) is 0 Å². The lowest BCUT2D eigenvalue weighted by Crippen LogP contribution is -2.31. The highest BCUT2D eigenvalue weighted by atomic mass is 19.1. The van der Waals surface area contributed by atoms with Gasteiger partial charge >= 0.3 is 0 Å². The molecule has 0 aliphatic rings. The fourth-order valence-electron chi connectivity index (χ4n) is 2.26. The molecule has 25 heavy (non-hydrogen) atoms. The Hall–Kier alpha value is -3.35. The molecule has 0 bridgehead atoms. The van der Waals surface area contributed by atoms with E-state index >= 15 is 0 Å². The van der Waals surface area contributed by atoms with Crippen LogP contribution in [0.4, 0.5) is 4.39 Å². The van der Waals surface area contributed by atoms with Gasteiger partial charge in [-0.1, -0.05) is 0 Å². The number of pyridine rings is 1. The fraction of sp³-hybridized carbons (Fsp3) is 0.111. The van der Waals surface area contributed by atoms with Crippen molar-refractivity contribution in [1.82, 2.24) is 20.1 Å². The minimum Gasteiger partial charge on any atom is -0.350 e. The third-order valence-corrected chi connectivity index (χ3v) is 3.54. The predicted molar refractivity (Wildman–Crippen MR) is 90.5 cm³/mol. The van der Waals surface area contributed by atoms with E-state index in [1.165, 1.54) is 35.0 Å². The maximum absolute atomic E-state index is 12.9. The first-order valence-corrected chi connectivity index (χ1v) is 7.66. The van der Waals surface area contributed by atoms with Crippen molar-refractivity contribution in [2.75, 3.05) is 6.54 Å². The monoisotopic (exact) mass is 338 g/mol. The minimum absolute atomic E-state index is 0.222. The molecule has 1 aromatic carbocycles. The molecule has 3 aromatic rings.